The highest BCUT2D eigenvalue weighted by molar-refractivity contribution is 7.89. The monoisotopic (exact) mass is 477 g/mol. The van der Waals surface area contributed by atoms with Crippen molar-refractivity contribution in [3.05, 3.63) is 64.4 Å². The van der Waals surface area contributed by atoms with Crippen LogP contribution in [0.1, 0.15) is 31.4 Å². The lowest BCUT2D eigenvalue weighted by Gasteiger charge is -2.09. The van der Waals surface area contributed by atoms with Crippen LogP contribution in [0.2, 0.25) is 0 Å². The number of furan rings is 1. The van der Waals surface area contributed by atoms with Gasteiger partial charge in [-0.1, -0.05) is 6.07 Å². The van der Waals surface area contributed by atoms with Crippen molar-refractivity contribution in [1.82, 2.24) is 0 Å². The molecule has 3 aromatic rings. The molecule has 0 aliphatic heterocycles. The van der Waals surface area contributed by atoms with Gasteiger partial charge in [-0.2, -0.15) is 0 Å². The number of anilines is 2. The van der Waals surface area contributed by atoms with Gasteiger partial charge in [0.1, 0.15) is 4.88 Å². The third-order valence-corrected chi connectivity index (χ3v) is 6.38. The number of carbonyl (C=O) groups excluding carboxylic acids is 3. The number of hydrogen-bond acceptors (Lipinski definition) is 8. The largest absolute Gasteiger partial charge is 0.459 e. The molecule has 0 fully saturated rings. The number of aryl methyl sites for hydroxylation is 2. The molecule has 0 aliphatic rings. The second kappa shape index (κ2) is 9.34. The molecule has 0 spiro atoms. The minimum absolute atomic E-state index is 0.120. The molecular weight excluding hydrogens is 458 g/mol. The smallest absolute Gasteiger partial charge is 0.349 e. The zero-order valence-electron chi connectivity index (χ0n) is 17.0. The SMILES string of the molecule is Cc1ccc(NC(=O)COC(=O)c2sc(NC(=O)c3ccco3)cc2C)cc1S(N)(=O)=O. The van der Waals surface area contributed by atoms with E-state index in [9.17, 15) is 22.8 Å². The minimum atomic E-state index is -3.95. The first kappa shape index (κ1) is 23.2. The van der Waals surface area contributed by atoms with Gasteiger partial charge in [0.25, 0.3) is 11.8 Å². The van der Waals surface area contributed by atoms with Gasteiger partial charge < -0.3 is 19.8 Å². The zero-order chi connectivity index (χ0) is 23.5. The lowest BCUT2D eigenvalue weighted by molar-refractivity contribution is -0.119. The van der Waals surface area contributed by atoms with Gasteiger partial charge in [-0.3, -0.25) is 9.59 Å². The van der Waals surface area contributed by atoms with Crippen molar-refractivity contribution in [2.45, 2.75) is 18.7 Å². The predicted molar refractivity (Wildman–Crippen MR) is 117 cm³/mol. The van der Waals surface area contributed by atoms with Crippen LogP contribution in [0.15, 0.2) is 52.0 Å². The number of nitrogens with two attached hydrogens (primary N) is 1. The van der Waals surface area contributed by atoms with Crippen molar-refractivity contribution in [2.75, 3.05) is 17.2 Å². The van der Waals surface area contributed by atoms with Gasteiger partial charge in [0.15, 0.2) is 12.4 Å². The number of thiophene rings is 1. The van der Waals surface area contributed by atoms with E-state index in [1.54, 1.807) is 26.0 Å². The third kappa shape index (κ3) is 5.60. The third-order valence-electron chi connectivity index (χ3n) is 4.20. The van der Waals surface area contributed by atoms with Crippen LogP contribution in [0, 0.1) is 13.8 Å². The Balaban J connectivity index is 1.59. The van der Waals surface area contributed by atoms with Crippen LogP contribution in [-0.4, -0.2) is 32.8 Å². The molecule has 0 bridgehead atoms. The maximum absolute atomic E-state index is 12.4. The lowest BCUT2D eigenvalue weighted by atomic mass is 10.2. The fourth-order valence-corrected chi connectivity index (χ4v) is 4.48. The molecule has 2 amide bonds. The Morgan fingerprint density at radius 3 is 2.50 bits per heavy atom. The Labute approximate surface area is 187 Å². The Hall–Kier alpha value is -3.48. The number of nitrogens with one attached hydrogen (secondary N) is 2. The molecule has 2 aromatic heterocycles. The van der Waals surface area contributed by atoms with Crippen LogP contribution < -0.4 is 15.8 Å². The van der Waals surface area contributed by atoms with E-state index in [-0.39, 0.29) is 21.2 Å². The summed E-state index contributed by atoms with van der Waals surface area (Å²) < 4.78 is 33.2. The number of hydrogen-bond donors (Lipinski definition) is 3. The Morgan fingerprint density at radius 1 is 1.09 bits per heavy atom. The number of esters is 1. The quantitative estimate of drug-likeness (QED) is 0.441. The molecule has 3 rings (SSSR count). The average Bonchev–Trinajstić information content (AvgIpc) is 3.37. The number of amides is 2. The molecule has 0 saturated carbocycles. The second-order valence-electron chi connectivity index (χ2n) is 6.70. The summed E-state index contributed by atoms with van der Waals surface area (Å²) in [6.45, 7) is 2.64. The van der Waals surface area contributed by atoms with Crippen molar-refractivity contribution in [2.24, 2.45) is 5.14 Å². The van der Waals surface area contributed by atoms with Crippen molar-refractivity contribution in [3.63, 3.8) is 0 Å². The molecule has 10 nitrogen and oxygen atoms in total. The van der Waals surface area contributed by atoms with E-state index in [0.717, 1.165) is 11.3 Å². The van der Waals surface area contributed by atoms with Crippen LogP contribution in [0.3, 0.4) is 0 Å². The second-order valence-corrected chi connectivity index (χ2v) is 9.29. The van der Waals surface area contributed by atoms with E-state index in [4.69, 9.17) is 14.3 Å². The lowest BCUT2D eigenvalue weighted by Crippen LogP contribution is -2.21. The standard InChI is InChI=1S/C20H19N3O7S2/c1-11-5-6-13(9-15(11)32(21,27)28)22-16(24)10-30-20(26)18-12(2)8-17(31-18)23-19(25)14-4-3-7-29-14/h3-9H,10H2,1-2H3,(H,22,24)(H,23,25)(H2,21,27,28). The highest BCUT2D eigenvalue weighted by Gasteiger charge is 2.19. The first-order chi connectivity index (χ1) is 15.0. The topological polar surface area (TPSA) is 158 Å². The molecule has 168 valence electrons. The summed E-state index contributed by atoms with van der Waals surface area (Å²) in [5.41, 5.74) is 1.18. The first-order valence-corrected chi connectivity index (χ1v) is 11.5. The maximum Gasteiger partial charge on any atom is 0.349 e. The molecule has 0 saturated heterocycles. The van der Waals surface area contributed by atoms with Gasteiger partial charge in [0.2, 0.25) is 10.0 Å². The normalized spacial score (nSPS) is 11.1. The number of carbonyl (C=O) groups is 3. The Kier molecular flexibility index (Phi) is 6.77. The number of sulfonamides is 1. The van der Waals surface area contributed by atoms with Crippen LogP contribution in [0.4, 0.5) is 10.7 Å². The van der Waals surface area contributed by atoms with Crippen molar-refractivity contribution < 1.29 is 32.0 Å². The molecule has 2 heterocycles. The first-order valence-electron chi connectivity index (χ1n) is 9.10. The summed E-state index contributed by atoms with van der Waals surface area (Å²) in [5, 5.41) is 10.6. The van der Waals surface area contributed by atoms with E-state index >= 15 is 0 Å². The zero-order valence-corrected chi connectivity index (χ0v) is 18.6. The molecule has 0 radical (unpaired) electrons. The van der Waals surface area contributed by atoms with E-state index in [1.807, 2.05) is 0 Å². The van der Waals surface area contributed by atoms with Gasteiger partial charge >= 0.3 is 5.97 Å². The number of benzene rings is 1. The van der Waals surface area contributed by atoms with Gasteiger partial charge in [-0.15, -0.1) is 11.3 Å². The molecule has 0 atom stereocenters. The average molecular weight is 478 g/mol. The molecule has 4 N–H and O–H groups in total. The molecular formula is C20H19N3O7S2. The van der Waals surface area contributed by atoms with E-state index in [0.29, 0.717) is 16.1 Å². The van der Waals surface area contributed by atoms with Gasteiger partial charge in [-0.05, 0) is 55.3 Å². The van der Waals surface area contributed by atoms with Gasteiger partial charge in [-0.25, -0.2) is 18.4 Å². The summed E-state index contributed by atoms with van der Waals surface area (Å²) in [6, 6.07) is 8.90. The summed E-state index contributed by atoms with van der Waals surface area (Å²) in [6.07, 6.45) is 1.37. The number of primary sulfonamides is 1. The number of rotatable bonds is 7. The fourth-order valence-electron chi connectivity index (χ4n) is 2.71. The summed E-state index contributed by atoms with van der Waals surface area (Å²) in [5.74, 6) is -1.75. The predicted octanol–water partition coefficient (Wildman–Crippen LogP) is 2.65. The maximum atomic E-state index is 12.4. The van der Waals surface area contributed by atoms with Crippen LogP contribution >= 0.6 is 11.3 Å². The highest BCUT2D eigenvalue weighted by Crippen LogP contribution is 2.28. The summed E-state index contributed by atoms with van der Waals surface area (Å²) in [7, 11) is -3.95. The van der Waals surface area contributed by atoms with E-state index in [1.165, 1.54) is 30.5 Å². The fraction of sp³-hybridized carbons (Fsp3) is 0.150. The van der Waals surface area contributed by atoms with E-state index in [2.05, 4.69) is 10.6 Å². The highest BCUT2D eigenvalue weighted by atomic mass is 32.2. The van der Waals surface area contributed by atoms with Crippen LogP contribution in [-0.2, 0) is 19.6 Å². The Bertz CT molecular complexity index is 1280. The van der Waals surface area contributed by atoms with Crippen LogP contribution in [0.5, 0.6) is 0 Å². The molecule has 1 aromatic carbocycles. The van der Waals surface area contributed by atoms with Crippen molar-refractivity contribution in [1.29, 1.82) is 0 Å². The van der Waals surface area contributed by atoms with Crippen molar-refractivity contribution >= 4 is 49.8 Å². The molecule has 0 aliphatic carbocycles. The van der Waals surface area contributed by atoms with Gasteiger partial charge in [0, 0.05) is 5.69 Å². The molecule has 12 heteroatoms. The van der Waals surface area contributed by atoms with Crippen molar-refractivity contribution in [3.8, 4) is 0 Å². The Morgan fingerprint density at radius 2 is 1.84 bits per heavy atom. The minimum Gasteiger partial charge on any atom is -0.459 e. The van der Waals surface area contributed by atoms with Gasteiger partial charge in [0.05, 0.1) is 16.2 Å². The number of ether oxygens (including phenoxy) is 1. The van der Waals surface area contributed by atoms with Crippen LogP contribution in [0.25, 0.3) is 0 Å². The molecule has 0 unspecified atom stereocenters. The summed E-state index contributed by atoms with van der Waals surface area (Å²) >= 11 is 0.995. The summed E-state index contributed by atoms with van der Waals surface area (Å²) in [4.78, 5) is 36.6. The van der Waals surface area contributed by atoms with E-state index < -0.39 is 34.4 Å². The molecule has 32 heavy (non-hydrogen) atoms.